The van der Waals surface area contributed by atoms with E-state index in [4.69, 9.17) is 0 Å². The minimum atomic E-state index is -4.56. The highest BCUT2D eigenvalue weighted by atomic mass is 19.4. The van der Waals surface area contributed by atoms with Gasteiger partial charge in [0.1, 0.15) is 0 Å². The Labute approximate surface area is 192 Å². The van der Waals surface area contributed by atoms with Crippen LogP contribution < -0.4 is 0 Å². The number of aliphatic hydroxyl groups is 2. The fourth-order valence-electron chi connectivity index (χ4n) is 8.65. The van der Waals surface area contributed by atoms with Crippen LogP contribution in [0.25, 0.3) is 0 Å². The number of hydrogen-bond acceptors (Lipinski definition) is 2. The molecule has 0 radical (unpaired) electrons. The van der Waals surface area contributed by atoms with Crippen LogP contribution in [0.1, 0.15) is 98.8 Å². The van der Waals surface area contributed by atoms with Gasteiger partial charge in [0, 0.05) is 6.42 Å². The monoisotopic (exact) mass is 456 g/mol. The van der Waals surface area contributed by atoms with Gasteiger partial charge in [-0.3, -0.25) is 0 Å². The Morgan fingerprint density at radius 2 is 1.75 bits per heavy atom. The number of fused-ring (bicyclic) bond motifs is 5. The lowest BCUT2D eigenvalue weighted by molar-refractivity contribution is -0.271. The first-order chi connectivity index (χ1) is 14.6. The number of halogens is 3. The van der Waals surface area contributed by atoms with Gasteiger partial charge in [0.05, 0.1) is 5.60 Å². The lowest BCUT2D eigenvalue weighted by Gasteiger charge is -2.59. The third-order valence-corrected chi connectivity index (χ3v) is 10.7. The summed E-state index contributed by atoms with van der Waals surface area (Å²) in [5.41, 5.74) is -2.22. The Morgan fingerprint density at radius 1 is 1.06 bits per heavy atom. The minimum absolute atomic E-state index is 0.175. The van der Waals surface area contributed by atoms with Crippen LogP contribution in [0.2, 0.25) is 0 Å². The van der Waals surface area contributed by atoms with Crippen molar-refractivity contribution in [2.24, 2.45) is 40.4 Å². The smallest absolute Gasteiger partial charge is 0.390 e. The van der Waals surface area contributed by atoms with Crippen LogP contribution in [0.15, 0.2) is 11.6 Å². The lowest BCUT2D eigenvalue weighted by Crippen LogP contribution is -2.55. The average Bonchev–Trinajstić information content (AvgIpc) is 3.02. The van der Waals surface area contributed by atoms with E-state index < -0.39 is 17.4 Å². The van der Waals surface area contributed by atoms with Gasteiger partial charge in [-0.2, -0.15) is 13.2 Å². The van der Waals surface area contributed by atoms with Crippen LogP contribution in [-0.2, 0) is 0 Å². The van der Waals surface area contributed by atoms with Crippen molar-refractivity contribution in [3.8, 4) is 0 Å². The maximum Gasteiger partial charge on any atom is 0.417 e. The van der Waals surface area contributed by atoms with E-state index in [2.05, 4.69) is 26.8 Å². The van der Waals surface area contributed by atoms with Gasteiger partial charge in [-0.15, -0.1) is 0 Å². The minimum Gasteiger partial charge on any atom is -0.390 e. The molecule has 0 saturated heterocycles. The van der Waals surface area contributed by atoms with Crippen LogP contribution in [0.5, 0.6) is 0 Å². The molecule has 32 heavy (non-hydrogen) atoms. The van der Waals surface area contributed by atoms with Crippen LogP contribution in [0.3, 0.4) is 0 Å². The van der Waals surface area contributed by atoms with Gasteiger partial charge in [-0.25, -0.2) is 0 Å². The molecule has 184 valence electrons. The summed E-state index contributed by atoms with van der Waals surface area (Å²) in [7, 11) is 0. The Kier molecular flexibility index (Phi) is 5.94. The normalized spacial score (nSPS) is 45.5. The summed E-state index contributed by atoms with van der Waals surface area (Å²) < 4.78 is 40.6. The quantitative estimate of drug-likeness (QED) is 0.445. The molecular weight excluding hydrogens is 413 g/mol. The second-order valence-corrected chi connectivity index (χ2v) is 13.0. The summed E-state index contributed by atoms with van der Waals surface area (Å²) >= 11 is 0. The molecule has 0 aromatic rings. The van der Waals surface area contributed by atoms with Gasteiger partial charge in [0.15, 0.2) is 5.60 Å². The van der Waals surface area contributed by atoms with E-state index in [0.29, 0.717) is 41.4 Å². The number of alkyl halides is 3. The molecule has 8 atom stereocenters. The molecule has 4 rings (SSSR count). The highest BCUT2D eigenvalue weighted by Gasteiger charge is 2.63. The first-order valence-electron chi connectivity index (χ1n) is 12.8. The Balaban J connectivity index is 1.53. The molecule has 3 saturated carbocycles. The van der Waals surface area contributed by atoms with E-state index in [1.54, 1.807) is 0 Å². The van der Waals surface area contributed by atoms with Gasteiger partial charge in [0.25, 0.3) is 0 Å². The second kappa shape index (κ2) is 7.73. The van der Waals surface area contributed by atoms with E-state index in [0.717, 1.165) is 37.7 Å². The molecule has 0 aromatic carbocycles. The van der Waals surface area contributed by atoms with Crippen molar-refractivity contribution in [1.82, 2.24) is 0 Å². The third kappa shape index (κ3) is 3.87. The molecule has 0 aliphatic heterocycles. The van der Waals surface area contributed by atoms with Crippen molar-refractivity contribution >= 4 is 0 Å². The lowest BCUT2D eigenvalue weighted by atomic mass is 9.46. The van der Waals surface area contributed by atoms with Crippen molar-refractivity contribution in [1.29, 1.82) is 0 Å². The second-order valence-electron chi connectivity index (χ2n) is 13.0. The summed E-state index contributed by atoms with van der Waals surface area (Å²) in [6.45, 7) is 10.8. The molecule has 3 fully saturated rings. The summed E-state index contributed by atoms with van der Waals surface area (Å²) in [6.07, 6.45) is 4.99. The summed E-state index contributed by atoms with van der Waals surface area (Å²) in [5, 5.41) is 20.6. The van der Waals surface area contributed by atoms with E-state index in [1.807, 2.05) is 13.8 Å². The Hall–Kier alpha value is -0.550. The largest absolute Gasteiger partial charge is 0.417 e. The Bertz CT molecular complexity index is 753. The van der Waals surface area contributed by atoms with Gasteiger partial charge >= 0.3 is 6.18 Å². The molecule has 0 amide bonds. The molecule has 1 unspecified atom stereocenters. The van der Waals surface area contributed by atoms with Crippen LogP contribution >= 0.6 is 0 Å². The zero-order valence-electron chi connectivity index (χ0n) is 20.6. The maximum absolute atomic E-state index is 13.5. The van der Waals surface area contributed by atoms with Gasteiger partial charge in [-0.05, 0) is 112 Å². The molecule has 2 nitrogen and oxygen atoms in total. The topological polar surface area (TPSA) is 40.5 Å². The van der Waals surface area contributed by atoms with E-state index in [-0.39, 0.29) is 18.3 Å². The van der Waals surface area contributed by atoms with Crippen LogP contribution in [0.4, 0.5) is 13.2 Å². The highest BCUT2D eigenvalue weighted by Crippen LogP contribution is 2.68. The summed E-state index contributed by atoms with van der Waals surface area (Å²) in [4.78, 5) is 0. The fourth-order valence-corrected chi connectivity index (χ4v) is 8.65. The van der Waals surface area contributed by atoms with Gasteiger partial charge in [0.2, 0.25) is 0 Å². The molecule has 4 aliphatic rings. The standard InChI is InChI=1S/C27H43F3O2/c1-17(10-12-23(2,3)31)20-8-9-21-19-7-6-18-16-26(32,27(28,29)30)15-14-24(18,4)22(19)11-13-25(20,21)5/h6,17,19-22,31-32H,7-16H2,1-5H3/t17-,19+,20?,21+,22+,24+,25-,26+/m1/s1. The predicted octanol–water partition coefficient (Wildman–Crippen LogP) is 7.05. The van der Waals surface area contributed by atoms with Crippen molar-refractivity contribution in [2.75, 3.05) is 0 Å². The predicted molar refractivity (Wildman–Crippen MR) is 121 cm³/mol. The number of hydrogen-bond donors (Lipinski definition) is 2. The fraction of sp³-hybridized carbons (Fsp3) is 0.926. The zero-order chi connectivity index (χ0) is 23.7. The van der Waals surface area contributed by atoms with Crippen molar-refractivity contribution < 1.29 is 23.4 Å². The SMILES string of the molecule is C[C@H](CCC(C)(C)O)C1CC[C@H]2[C@@H]3CC=C4C[C@](O)(C(F)(F)F)CC[C@]4(C)[C@H]3CC[C@]12C. The van der Waals surface area contributed by atoms with Gasteiger partial charge in [-0.1, -0.05) is 32.4 Å². The van der Waals surface area contributed by atoms with Crippen LogP contribution in [-0.4, -0.2) is 27.6 Å². The molecule has 5 heteroatoms. The zero-order valence-corrected chi connectivity index (χ0v) is 20.6. The number of allylic oxidation sites excluding steroid dienone is 1. The Morgan fingerprint density at radius 3 is 2.38 bits per heavy atom. The van der Waals surface area contributed by atoms with Crippen molar-refractivity contribution in [3.63, 3.8) is 0 Å². The molecular formula is C27H43F3O2. The molecule has 0 spiro atoms. The van der Waals surface area contributed by atoms with Crippen molar-refractivity contribution in [2.45, 2.75) is 116 Å². The van der Waals surface area contributed by atoms with E-state index in [9.17, 15) is 23.4 Å². The first-order valence-corrected chi connectivity index (χ1v) is 12.8. The maximum atomic E-state index is 13.5. The van der Waals surface area contributed by atoms with Gasteiger partial charge < -0.3 is 10.2 Å². The number of rotatable bonds is 4. The third-order valence-electron chi connectivity index (χ3n) is 10.7. The highest BCUT2D eigenvalue weighted by molar-refractivity contribution is 5.28. The van der Waals surface area contributed by atoms with E-state index >= 15 is 0 Å². The average molecular weight is 457 g/mol. The molecule has 0 bridgehead atoms. The molecule has 0 heterocycles. The molecule has 0 aromatic heterocycles. The van der Waals surface area contributed by atoms with Crippen molar-refractivity contribution in [3.05, 3.63) is 11.6 Å². The molecule has 4 aliphatic carbocycles. The first kappa shape index (κ1) is 24.6. The van der Waals surface area contributed by atoms with E-state index in [1.165, 1.54) is 12.8 Å². The molecule has 2 N–H and O–H groups in total. The van der Waals surface area contributed by atoms with Crippen LogP contribution in [0, 0.1) is 40.4 Å². The summed E-state index contributed by atoms with van der Waals surface area (Å²) in [6, 6.07) is 0. The summed E-state index contributed by atoms with van der Waals surface area (Å²) in [5.74, 6) is 2.86.